The van der Waals surface area contributed by atoms with Crippen molar-refractivity contribution < 1.29 is 9.59 Å². The van der Waals surface area contributed by atoms with Crippen LogP contribution in [0.1, 0.15) is 50.5 Å². The molecule has 27 heavy (non-hydrogen) atoms. The van der Waals surface area contributed by atoms with Crippen molar-refractivity contribution in [1.82, 2.24) is 10.2 Å². The first kappa shape index (κ1) is 20.3. The molecule has 1 amide bonds. The molecule has 148 valence electrons. The number of carbonyl (C=O) groups is 2. The fourth-order valence-electron chi connectivity index (χ4n) is 4.73. The maximum absolute atomic E-state index is 12.4. The lowest BCUT2D eigenvalue weighted by atomic mass is 9.73. The molecule has 3 N–H and O–H groups in total. The Morgan fingerprint density at radius 2 is 1.89 bits per heavy atom. The molecule has 1 aromatic rings. The molecule has 0 radical (unpaired) electrons. The number of nitrogens with zero attached hydrogens (tertiary/aromatic N) is 1. The average Bonchev–Trinajstić information content (AvgIpc) is 2.66. The van der Waals surface area contributed by atoms with Gasteiger partial charge in [0.1, 0.15) is 0 Å². The van der Waals surface area contributed by atoms with Crippen molar-refractivity contribution in [3.8, 4) is 0 Å². The Bertz CT molecular complexity index is 656. The van der Waals surface area contributed by atoms with Crippen LogP contribution in [0.4, 0.5) is 0 Å². The van der Waals surface area contributed by atoms with Gasteiger partial charge in [0.05, 0.1) is 0 Å². The number of hydrogen-bond donors (Lipinski definition) is 2. The molecule has 0 bridgehead atoms. The zero-order chi connectivity index (χ0) is 19.3. The molecule has 5 nitrogen and oxygen atoms in total. The molecule has 2 aliphatic rings. The van der Waals surface area contributed by atoms with Crippen molar-refractivity contribution in [3.05, 3.63) is 34.9 Å². The van der Waals surface area contributed by atoms with E-state index in [4.69, 9.17) is 17.3 Å². The van der Waals surface area contributed by atoms with E-state index in [9.17, 15) is 9.59 Å². The first-order chi connectivity index (χ1) is 13.0. The highest BCUT2D eigenvalue weighted by Crippen LogP contribution is 2.40. The number of rotatable bonds is 6. The monoisotopic (exact) mass is 391 g/mol. The summed E-state index contributed by atoms with van der Waals surface area (Å²) in [7, 11) is 0. The third kappa shape index (κ3) is 5.09. The summed E-state index contributed by atoms with van der Waals surface area (Å²) >= 11 is 5.87. The summed E-state index contributed by atoms with van der Waals surface area (Å²) in [6.45, 7) is 2.52. The van der Waals surface area contributed by atoms with Gasteiger partial charge in [-0.05, 0) is 43.4 Å². The molecule has 1 heterocycles. The van der Waals surface area contributed by atoms with Gasteiger partial charge in [0.2, 0.25) is 5.78 Å². The molecule has 2 fully saturated rings. The molecule has 1 saturated heterocycles. The number of piperidine rings is 1. The fraction of sp³-hybridized carbons (Fsp3) is 0.619. The largest absolute Gasteiger partial charge is 0.347 e. The van der Waals surface area contributed by atoms with Crippen molar-refractivity contribution in [2.45, 2.75) is 62.9 Å². The normalized spacial score (nSPS) is 22.5. The minimum absolute atomic E-state index is 0.0683. The fourth-order valence-corrected chi connectivity index (χ4v) is 4.86. The summed E-state index contributed by atoms with van der Waals surface area (Å²) in [5.74, 6) is -0.854. The molecule has 1 atom stereocenters. The van der Waals surface area contributed by atoms with Gasteiger partial charge in [-0.1, -0.05) is 43.0 Å². The van der Waals surface area contributed by atoms with Crippen molar-refractivity contribution >= 4 is 23.3 Å². The minimum Gasteiger partial charge on any atom is -0.347 e. The number of carbonyl (C=O) groups excluding carboxylic acids is 2. The molecule has 1 aliphatic heterocycles. The number of benzene rings is 1. The predicted molar refractivity (Wildman–Crippen MR) is 108 cm³/mol. The Morgan fingerprint density at radius 1 is 1.19 bits per heavy atom. The van der Waals surface area contributed by atoms with Crippen LogP contribution >= 0.6 is 11.6 Å². The molecule has 1 unspecified atom stereocenters. The van der Waals surface area contributed by atoms with E-state index in [1.807, 2.05) is 0 Å². The molecule has 1 spiro atoms. The van der Waals surface area contributed by atoms with E-state index in [1.165, 1.54) is 19.3 Å². The van der Waals surface area contributed by atoms with Gasteiger partial charge in [-0.3, -0.25) is 14.5 Å². The second-order valence-corrected chi connectivity index (χ2v) is 8.39. The van der Waals surface area contributed by atoms with Crippen LogP contribution in [0.2, 0.25) is 5.02 Å². The lowest BCUT2D eigenvalue weighted by molar-refractivity contribution is -0.138. The highest BCUT2D eigenvalue weighted by molar-refractivity contribution is 6.36. The standard InChI is InChI=1S/C21H30ClN3O2/c22-17-6-4-16(5-7-17)14-19(26)20(27)24-18-8-12-25(13-11-23)21(15-18)9-2-1-3-10-21/h4-7,18H,1-3,8-15,23H2,(H,24,27). The van der Waals surface area contributed by atoms with Crippen molar-refractivity contribution in [1.29, 1.82) is 0 Å². The van der Waals surface area contributed by atoms with Gasteiger partial charge >= 0.3 is 0 Å². The summed E-state index contributed by atoms with van der Waals surface area (Å²) in [5.41, 5.74) is 6.78. The third-order valence-electron chi connectivity index (χ3n) is 6.09. The van der Waals surface area contributed by atoms with Gasteiger partial charge in [-0.2, -0.15) is 0 Å². The minimum atomic E-state index is -0.465. The van der Waals surface area contributed by atoms with Crippen LogP contribution in [0, 0.1) is 0 Å². The molecular weight excluding hydrogens is 362 g/mol. The summed E-state index contributed by atoms with van der Waals surface area (Å²) in [4.78, 5) is 27.3. The van der Waals surface area contributed by atoms with E-state index in [1.54, 1.807) is 24.3 Å². The van der Waals surface area contributed by atoms with Gasteiger partial charge in [0.15, 0.2) is 0 Å². The third-order valence-corrected chi connectivity index (χ3v) is 6.35. The lowest BCUT2D eigenvalue weighted by Gasteiger charge is -2.52. The van der Waals surface area contributed by atoms with Gasteiger partial charge in [-0.25, -0.2) is 0 Å². The van der Waals surface area contributed by atoms with Crippen molar-refractivity contribution in [2.75, 3.05) is 19.6 Å². The van der Waals surface area contributed by atoms with E-state index in [0.717, 1.165) is 44.3 Å². The summed E-state index contributed by atoms with van der Waals surface area (Å²) in [6, 6.07) is 7.12. The Balaban J connectivity index is 1.58. The topological polar surface area (TPSA) is 75.4 Å². The average molecular weight is 392 g/mol. The molecule has 1 aromatic carbocycles. The van der Waals surface area contributed by atoms with Crippen molar-refractivity contribution in [2.24, 2.45) is 5.73 Å². The second-order valence-electron chi connectivity index (χ2n) is 7.95. The molecule has 6 heteroatoms. The molecule has 0 aromatic heterocycles. The van der Waals surface area contributed by atoms with E-state index >= 15 is 0 Å². The summed E-state index contributed by atoms with van der Waals surface area (Å²) in [5, 5.41) is 3.63. The zero-order valence-corrected chi connectivity index (χ0v) is 16.6. The van der Waals surface area contributed by atoms with Crippen LogP contribution in [0.25, 0.3) is 0 Å². The number of nitrogens with one attached hydrogen (secondary N) is 1. The van der Waals surface area contributed by atoms with E-state index in [0.29, 0.717) is 11.6 Å². The molecule has 3 rings (SSSR count). The first-order valence-electron chi connectivity index (χ1n) is 10.1. The van der Waals surface area contributed by atoms with Crippen LogP contribution in [-0.2, 0) is 16.0 Å². The second kappa shape index (κ2) is 9.18. The first-order valence-corrected chi connectivity index (χ1v) is 10.4. The highest BCUT2D eigenvalue weighted by atomic mass is 35.5. The van der Waals surface area contributed by atoms with E-state index in [2.05, 4.69) is 10.2 Å². The number of ketones is 1. The van der Waals surface area contributed by atoms with Crippen molar-refractivity contribution in [3.63, 3.8) is 0 Å². The number of Topliss-reactive ketones (excluding diaryl/α,β-unsaturated/α-hetero) is 1. The maximum Gasteiger partial charge on any atom is 0.287 e. The predicted octanol–water partition coefficient (Wildman–Crippen LogP) is 2.69. The molecule has 1 saturated carbocycles. The Hall–Kier alpha value is -1.43. The zero-order valence-electron chi connectivity index (χ0n) is 15.9. The number of halogens is 1. The molecule has 1 aliphatic carbocycles. The van der Waals surface area contributed by atoms with Crippen LogP contribution < -0.4 is 11.1 Å². The van der Waals surface area contributed by atoms with E-state index in [-0.39, 0.29) is 23.8 Å². The van der Waals surface area contributed by atoms with Crippen LogP contribution in [0.3, 0.4) is 0 Å². The molecular formula is C21H30ClN3O2. The van der Waals surface area contributed by atoms with Gasteiger partial charge in [0.25, 0.3) is 5.91 Å². The number of nitrogens with two attached hydrogens (primary N) is 1. The smallest absolute Gasteiger partial charge is 0.287 e. The SMILES string of the molecule is NCCN1CCC(NC(=O)C(=O)Cc2ccc(Cl)cc2)CC12CCCCC2. The van der Waals surface area contributed by atoms with Gasteiger partial charge < -0.3 is 11.1 Å². The quantitative estimate of drug-likeness (QED) is 0.731. The Morgan fingerprint density at radius 3 is 2.56 bits per heavy atom. The van der Waals surface area contributed by atoms with Gasteiger partial charge in [-0.15, -0.1) is 0 Å². The maximum atomic E-state index is 12.4. The Kier molecular flexibility index (Phi) is 6.90. The summed E-state index contributed by atoms with van der Waals surface area (Å²) < 4.78 is 0. The van der Waals surface area contributed by atoms with Crippen LogP contribution in [0.15, 0.2) is 24.3 Å². The highest BCUT2D eigenvalue weighted by Gasteiger charge is 2.43. The van der Waals surface area contributed by atoms with Crippen LogP contribution in [-0.4, -0.2) is 47.8 Å². The number of hydrogen-bond acceptors (Lipinski definition) is 4. The van der Waals surface area contributed by atoms with E-state index < -0.39 is 5.91 Å². The summed E-state index contributed by atoms with van der Waals surface area (Å²) in [6.07, 6.45) is 7.99. The van der Waals surface area contributed by atoms with Crippen LogP contribution in [0.5, 0.6) is 0 Å². The number of amides is 1. The Labute approximate surface area is 166 Å². The van der Waals surface area contributed by atoms with Gasteiger partial charge in [0, 0.05) is 42.7 Å². The lowest BCUT2D eigenvalue weighted by Crippen LogP contribution is -2.60. The number of likely N-dealkylation sites (tertiary alicyclic amines) is 1.